The molecule has 19 heavy (non-hydrogen) atoms. The van der Waals surface area contributed by atoms with Gasteiger partial charge in [0.1, 0.15) is 0 Å². The second-order valence-electron chi connectivity index (χ2n) is 4.23. The highest BCUT2D eigenvalue weighted by atomic mass is 19.4. The molecule has 3 nitrogen and oxygen atoms in total. The largest absolute Gasteiger partial charge is 0.416 e. The molecule has 2 N–H and O–H groups in total. The van der Waals surface area contributed by atoms with Crippen molar-refractivity contribution in [3.8, 4) is 0 Å². The molecule has 0 atom stereocenters. The minimum absolute atomic E-state index is 0.00552. The number of anilines is 1. The number of halogens is 3. The van der Waals surface area contributed by atoms with Gasteiger partial charge in [0.25, 0.3) is 0 Å². The summed E-state index contributed by atoms with van der Waals surface area (Å²) in [6.45, 7) is 1.30. The molecule has 0 spiro atoms. The van der Waals surface area contributed by atoms with Crippen LogP contribution < -0.4 is 5.32 Å². The third kappa shape index (κ3) is 4.90. The summed E-state index contributed by atoms with van der Waals surface area (Å²) in [6.07, 6.45) is -2.96. The normalized spacial score (nSPS) is 11.4. The predicted molar refractivity (Wildman–Crippen MR) is 65.8 cm³/mol. The van der Waals surface area contributed by atoms with Gasteiger partial charge in [-0.25, -0.2) is 0 Å². The number of aliphatic hydroxyl groups excluding tert-OH is 1. The zero-order valence-electron chi connectivity index (χ0n) is 10.5. The summed E-state index contributed by atoms with van der Waals surface area (Å²) < 4.78 is 37.9. The Morgan fingerprint density at radius 3 is 2.53 bits per heavy atom. The second-order valence-corrected chi connectivity index (χ2v) is 4.23. The SMILES string of the molecule is CC(=O)Nc1ccc(C(F)(F)F)cc1CCCCO. The maximum absolute atomic E-state index is 12.6. The number of benzene rings is 1. The molecule has 0 aliphatic heterocycles. The van der Waals surface area contributed by atoms with Gasteiger partial charge in [0.2, 0.25) is 5.91 Å². The highest BCUT2D eigenvalue weighted by Gasteiger charge is 2.30. The molecule has 1 aromatic carbocycles. The predicted octanol–water partition coefficient (Wildman–Crippen LogP) is 2.98. The Hall–Kier alpha value is -1.56. The van der Waals surface area contributed by atoms with Crippen LogP contribution >= 0.6 is 0 Å². The molecule has 0 aromatic heterocycles. The van der Waals surface area contributed by atoms with Crippen molar-refractivity contribution in [2.45, 2.75) is 32.4 Å². The van der Waals surface area contributed by atoms with E-state index >= 15 is 0 Å². The molecule has 0 bridgehead atoms. The van der Waals surface area contributed by atoms with E-state index in [9.17, 15) is 18.0 Å². The lowest BCUT2D eigenvalue weighted by atomic mass is 10.0. The summed E-state index contributed by atoms with van der Waals surface area (Å²) in [4.78, 5) is 11.0. The number of rotatable bonds is 5. The smallest absolute Gasteiger partial charge is 0.396 e. The summed E-state index contributed by atoms with van der Waals surface area (Å²) in [6, 6.07) is 3.25. The summed E-state index contributed by atoms with van der Waals surface area (Å²) in [5.41, 5.74) is 0.0810. The fraction of sp³-hybridized carbons (Fsp3) is 0.462. The molecular formula is C13H16F3NO2. The van der Waals surface area contributed by atoms with Crippen molar-refractivity contribution in [2.75, 3.05) is 11.9 Å². The van der Waals surface area contributed by atoms with Gasteiger partial charge in [0.05, 0.1) is 5.56 Å². The van der Waals surface area contributed by atoms with Crippen LogP contribution in [-0.2, 0) is 17.4 Å². The molecule has 0 heterocycles. The first-order valence-electron chi connectivity index (χ1n) is 5.93. The number of amides is 1. The number of aryl methyl sites for hydroxylation is 1. The van der Waals surface area contributed by atoms with Gasteiger partial charge in [0.15, 0.2) is 0 Å². The van der Waals surface area contributed by atoms with E-state index in [1.807, 2.05) is 0 Å². The maximum Gasteiger partial charge on any atom is 0.416 e. The molecule has 0 saturated carbocycles. The molecule has 6 heteroatoms. The van der Waals surface area contributed by atoms with Crippen LogP contribution in [-0.4, -0.2) is 17.6 Å². The zero-order valence-corrected chi connectivity index (χ0v) is 10.5. The van der Waals surface area contributed by atoms with Crippen LogP contribution in [0, 0.1) is 0 Å². The van der Waals surface area contributed by atoms with Crippen molar-refractivity contribution in [1.82, 2.24) is 0 Å². The third-order valence-electron chi connectivity index (χ3n) is 2.60. The van der Waals surface area contributed by atoms with Crippen LogP contribution in [0.1, 0.15) is 30.9 Å². The van der Waals surface area contributed by atoms with Gasteiger partial charge in [-0.15, -0.1) is 0 Å². The average molecular weight is 275 g/mol. The first-order chi connectivity index (χ1) is 8.84. The van der Waals surface area contributed by atoms with Crippen LogP contribution in [0.2, 0.25) is 0 Å². The van der Waals surface area contributed by atoms with Gasteiger partial charge in [-0.2, -0.15) is 13.2 Å². The standard InChI is InChI=1S/C13H16F3NO2/c1-9(19)17-12-6-5-11(13(14,15)16)8-10(12)4-2-3-7-18/h5-6,8,18H,2-4,7H2,1H3,(H,17,19). The first kappa shape index (κ1) is 15.5. The molecule has 0 saturated heterocycles. The molecule has 1 rings (SSSR count). The Labute approximate surface area is 109 Å². The molecule has 0 aliphatic rings. The van der Waals surface area contributed by atoms with Crippen molar-refractivity contribution >= 4 is 11.6 Å². The minimum Gasteiger partial charge on any atom is -0.396 e. The highest BCUT2D eigenvalue weighted by Crippen LogP contribution is 2.32. The second kappa shape index (κ2) is 6.56. The van der Waals surface area contributed by atoms with Gasteiger partial charge >= 0.3 is 6.18 Å². The van der Waals surface area contributed by atoms with E-state index in [-0.39, 0.29) is 12.5 Å². The van der Waals surface area contributed by atoms with Gasteiger partial charge in [-0.3, -0.25) is 4.79 Å². The van der Waals surface area contributed by atoms with Crippen LogP contribution in [0.4, 0.5) is 18.9 Å². The molecule has 1 aromatic rings. The number of hydrogen-bond donors (Lipinski definition) is 2. The first-order valence-corrected chi connectivity index (χ1v) is 5.93. The summed E-state index contributed by atoms with van der Waals surface area (Å²) in [7, 11) is 0. The van der Waals surface area contributed by atoms with E-state index in [2.05, 4.69) is 5.32 Å². The Morgan fingerprint density at radius 1 is 1.32 bits per heavy atom. The zero-order chi connectivity index (χ0) is 14.5. The van der Waals surface area contributed by atoms with Crippen LogP contribution in [0.3, 0.4) is 0 Å². The lowest BCUT2D eigenvalue weighted by molar-refractivity contribution is -0.137. The van der Waals surface area contributed by atoms with Gasteiger partial charge in [-0.1, -0.05) is 0 Å². The summed E-state index contributed by atoms with van der Waals surface area (Å²) in [5, 5.41) is 11.2. The number of unbranched alkanes of at least 4 members (excludes halogenated alkanes) is 1. The van der Waals surface area contributed by atoms with Gasteiger partial charge in [0, 0.05) is 19.2 Å². The maximum atomic E-state index is 12.6. The number of hydrogen-bond acceptors (Lipinski definition) is 2. The van der Waals surface area contributed by atoms with Crippen LogP contribution in [0.15, 0.2) is 18.2 Å². The van der Waals surface area contributed by atoms with Crippen LogP contribution in [0.25, 0.3) is 0 Å². The monoisotopic (exact) mass is 275 g/mol. The van der Waals surface area contributed by atoms with E-state index in [4.69, 9.17) is 5.11 Å². The Balaban J connectivity index is 3.00. The minimum atomic E-state index is -4.40. The Morgan fingerprint density at radius 2 is 2.00 bits per heavy atom. The highest BCUT2D eigenvalue weighted by molar-refractivity contribution is 5.89. The fourth-order valence-electron chi connectivity index (χ4n) is 1.72. The summed E-state index contributed by atoms with van der Waals surface area (Å²) in [5.74, 6) is -0.330. The number of carbonyl (C=O) groups is 1. The van der Waals surface area contributed by atoms with Gasteiger partial charge in [-0.05, 0) is 43.0 Å². The van der Waals surface area contributed by atoms with Crippen molar-refractivity contribution in [3.05, 3.63) is 29.3 Å². The van der Waals surface area contributed by atoms with Crippen molar-refractivity contribution in [3.63, 3.8) is 0 Å². The molecule has 1 amide bonds. The van der Waals surface area contributed by atoms with E-state index in [0.29, 0.717) is 30.5 Å². The van der Waals surface area contributed by atoms with E-state index in [1.54, 1.807) is 0 Å². The van der Waals surface area contributed by atoms with E-state index in [0.717, 1.165) is 12.1 Å². The topological polar surface area (TPSA) is 49.3 Å². The molecule has 106 valence electrons. The third-order valence-corrected chi connectivity index (χ3v) is 2.60. The fourth-order valence-corrected chi connectivity index (χ4v) is 1.72. The lowest BCUT2D eigenvalue weighted by Gasteiger charge is -2.13. The average Bonchev–Trinajstić information content (AvgIpc) is 2.29. The number of nitrogens with one attached hydrogen (secondary N) is 1. The van der Waals surface area contributed by atoms with Crippen molar-refractivity contribution < 1.29 is 23.1 Å². The number of carbonyl (C=O) groups excluding carboxylic acids is 1. The lowest BCUT2D eigenvalue weighted by Crippen LogP contribution is -2.11. The molecular weight excluding hydrogens is 259 g/mol. The Bertz CT molecular complexity index is 444. The van der Waals surface area contributed by atoms with Crippen molar-refractivity contribution in [2.24, 2.45) is 0 Å². The van der Waals surface area contributed by atoms with Gasteiger partial charge < -0.3 is 10.4 Å². The van der Waals surface area contributed by atoms with E-state index in [1.165, 1.54) is 13.0 Å². The Kier molecular flexibility index (Phi) is 5.35. The number of alkyl halides is 3. The molecule has 0 unspecified atom stereocenters. The molecule has 0 fully saturated rings. The molecule has 0 radical (unpaired) electrons. The number of aliphatic hydroxyl groups is 1. The quantitative estimate of drug-likeness (QED) is 0.812. The molecule has 0 aliphatic carbocycles. The summed E-state index contributed by atoms with van der Waals surface area (Å²) >= 11 is 0. The van der Waals surface area contributed by atoms with Crippen LogP contribution in [0.5, 0.6) is 0 Å². The van der Waals surface area contributed by atoms with Crippen molar-refractivity contribution in [1.29, 1.82) is 0 Å². The van der Waals surface area contributed by atoms with E-state index < -0.39 is 11.7 Å².